The van der Waals surface area contributed by atoms with Crippen molar-refractivity contribution in [3.63, 3.8) is 0 Å². The Morgan fingerprint density at radius 3 is 2.62 bits per heavy atom. The van der Waals surface area contributed by atoms with E-state index in [4.69, 9.17) is 0 Å². The van der Waals surface area contributed by atoms with Crippen molar-refractivity contribution in [1.29, 1.82) is 0 Å². The topological polar surface area (TPSA) is 62.3 Å². The van der Waals surface area contributed by atoms with Crippen LogP contribution in [-0.2, 0) is 4.79 Å². The number of nitrogens with one attached hydrogen (secondary N) is 1. The summed E-state index contributed by atoms with van der Waals surface area (Å²) in [5.41, 5.74) is 0.130. The highest BCUT2D eigenvalue weighted by Gasteiger charge is 2.75. The number of rotatable bonds is 4. The van der Waals surface area contributed by atoms with Crippen LogP contribution < -0.4 is 5.32 Å². The van der Waals surface area contributed by atoms with Gasteiger partial charge in [-0.3, -0.25) is 9.59 Å². The van der Waals surface area contributed by atoms with Gasteiger partial charge in [0.15, 0.2) is 0 Å². The van der Waals surface area contributed by atoms with E-state index in [1.165, 1.54) is 16.2 Å². The quantitative estimate of drug-likeness (QED) is 0.901. The van der Waals surface area contributed by atoms with Gasteiger partial charge in [-0.15, -0.1) is 11.3 Å². The van der Waals surface area contributed by atoms with E-state index in [2.05, 4.69) is 10.3 Å². The fourth-order valence-corrected chi connectivity index (χ4v) is 4.19. The van der Waals surface area contributed by atoms with Crippen LogP contribution in [0.15, 0.2) is 5.51 Å². The van der Waals surface area contributed by atoms with Gasteiger partial charge in [-0.25, -0.2) is 13.8 Å². The summed E-state index contributed by atoms with van der Waals surface area (Å²) >= 11 is 1.26. The summed E-state index contributed by atoms with van der Waals surface area (Å²) < 4.78 is 27.3. The van der Waals surface area contributed by atoms with E-state index in [0.717, 1.165) is 0 Å². The zero-order valence-electron chi connectivity index (χ0n) is 14.0. The number of aryl methyl sites for hydroxylation is 1. The minimum Gasteiger partial charge on any atom is -0.344 e. The standard InChI is InChI=1S/C16H21F2N3O2S/c1-4-15(7-16(15,17)18)13(23)21-6-5-14(3,8-21)20-12(22)11-10(2)19-9-24-11/h9H,4-8H2,1-3H3,(H,20,22). The molecule has 132 valence electrons. The average molecular weight is 357 g/mol. The van der Waals surface area contributed by atoms with Gasteiger partial charge in [0.05, 0.1) is 16.7 Å². The lowest BCUT2D eigenvalue weighted by atomic mass is 10.00. The Labute approximate surface area is 143 Å². The second-order valence-electron chi connectivity index (χ2n) is 7.08. The number of carbonyl (C=O) groups excluding carboxylic acids is 2. The number of thiazole rings is 1. The van der Waals surface area contributed by atoms with Crippen molar-refractivity contribution in [2.24, 2.45) is 5.41 Å². The van der Waals surface area contributed by atoms with Crippen LogP contribution in [0.1, 0.15) is 48.5 Å². The van der Waals surface area contributed by atoms with Crippen LogP contribution in [0, 0.1) is 12.3 Å². The molecule has 0 radical (unpaired) electrons. The first-order valence-electron chi connectivity index (χ1n) is 8.04. The molecule has 2 atom stereocenters. The van der Waals surface area contributed by atoms with Gasteiger partial charge >= 0.3 is 0 Å². The van der Waals surface area contributed by atoms with Crippen LogP contribution in [0.4, 0.5) is 8.78 Å². The number of alkyl halides is 2. The zero-order valence-corrected chi connectivity index (χ0v) is 14.8. The first-order valence-corrected chi connectivity index (χ1v) is 8.92. The maximum absolute atomic E-state index is 13.7. The van der Waals surface area contributed by atoms with Gasteiger partial charge in [0.25, 0.3) is 11.8 Å². The van der Waals surface area contributed by atoms with Crippen molar-refractivity contribution < 1.29 is 18.4 Å². The van der Waals surface area contributed by atoms with Crippen LogP contribution in [0.2, 0.25) is 0 Å². The van der Waals surface area contributed by atoms with Crippen molar-refractivity contribution >= 4 is 23.2 Å². The zero-order chi connectivity index (χ0) is 17.8. The Hall–Kier alpha value is -1.57. The first kappa shape index (κ1) is 17.3. The fraction of sp³-hybridized carbons (Fsp3) is 0.688. The summed E-state index contributed by atoms with van der Waals surface area (Å²) in [6, 6.07) is 0. The van der Waals surface area contributed by atoms with Gasteiger partial charge < -0.3 is 10.2 Å². The molecule has 1 aromatic heterocycles. The molecular formula is C16H21F2N3O2S. The molecule has 0 aromatic carbocycles. The molecule has 2 unspecified atom stereocenters. The summed E-state index contributed by atoms with van der Waals surface area (Å²) in [6.07, 6.45) is 0.321. The molecule has 3 rings (SSSR count). The number of hydrogen-bond donors (Lipinski definition) is 1. The van der Waals surface area contributed by atoms with E-state index in [9.17, 15) is 18.4 Å². The molecule has 1 saturated carbocycles. The van der Waals surface area contributed by atoms with E-state index < -0.39 is 22.8 Å². The molecule has 2 fully saturated rings. The van der Waals surface area contributed by atoms with Crippen LogP contribution >= 0.6 is 11.3 Å². The number of nitrogens with zero attached hydrogens (tertiary/aromatic N) is 2. The van der Waals surface area contributed by atoms with Crippen molar-refractivity contribution in [2.45, 2.75) is 51.5 Å². The summed E-state index contributed by atoms with van der Waals surface area (Å²) in [6.45, 7) is 5.88. The third-order valence-electron chi connectivity index (χ3n) is 5.24. The van der Waals surface area contributed by atoms with Gasteiger partial charge in [-0.2, -0.15) is 0 Å². The van der Waals surface area contributed by atoms with E-state index in [-0.39, 0.29) is 25.3 Å². The van der Waals surface area contributed by atoms with Crippen LogP contribution in [-0.4, -0.2) is 46.2 Å². The summed E-state index contributed by atoms with van der Waals surface area (Å²) in [4.78, 5) is 31.0. The SMILES string of the molecule is CCC1(C(=O)N2CCC(C)(NC(=O)c3scnc3C)C2)CC1(F)F. The minimum absolute atomic E-state index is 0.137. The van der Waals surface area contributed by atoms with Crippen molar-refractivity contribution in [3.05, 3.63) is 16.1 Å². The number of likely N-dealkylation sites (tertiary alicyclic amines) is 1. The average Bonchev–Trinajstić information content (AvgIpc) is 2.85. The van der Waals surface area contributed by atoms with E-state index >= 15 is 0 Å². The highest BCUT2D eigenvalue weighted by molar-refractivity contribution is 7.11. The van der Waals surface area contributed by atoms with Crippen LogP contribution in [0.3, 0.4) is 0 Å². The van der Waals surface area contributed by atoms with E-state index in [1.54, 1.807) is 19.4 Å². The molecule has 8 heteroatoms. The lowest BCUT2D eigenvalue weighted by Gasteiger charge is -2.27. The number of amides is 2. The molecular weight excluding hydrogens is 336 g/mol. The number of carbonyl (C=O) groups is 2. The number of halogens is 2. The molecule has 2 aliphatic rings. The smallest absolute Gasteiger partial charge is 0.263 e. The maximum atomic E-state index is 13.7. The van der Waals surface area contributed by atoms with Gasteiger partial charge in [0, 0.05) is 19.5 Å². The highest BCUT2D eigenvalue weighted by atomic mass is 32.1. The van der Waals surface area contributed by atoms with Gasteiger partial charge in [-0.05, 0) is 26.7 Å². The van der Waals surface area contributed by atoms with Crippen LogP contribution in [0.25, 0.3) is 0 Å². The molecule has 0 bridgehead atoms. The lowest BCUT2D eigenvalue weighted by molar-refractivity contribution is -0.140. The second-order valence-corrected chi connectivity index (χ2v) is 7.93. The Morgan fingerprint density at radius 2 is 2.12 bits per heavy atom. The van der Waals surface area contributed by atoms with Gasteiger partial charge in [-0.1, -0.05) is 6.92 Å². The van der Waals surface area contributed by atoms with Crippen molar-refractivity contribution in [3.8, 4) is 0 Å². The monoisotopic (exact) mass is 357 g/mol. The Bertz CT molecular complexity index is 693. The molecule has 5 nitrogen and oxygen atoms in total. The molecule has 24 heavy (non-hydrogen) atoms. The van der Waals surface area contributed by atoms with Crippen molar-refractivity contribution in [1.82, 2.24) is 15.2 Å². The Kier molecular flexibility index (Phi) is 3.94. The molecule has 0 spiro atoms. The second kappa shape index (κ2) is 5.47. The molecule has 1 aliphatic heterocycles. The maximum Gasteiger partial charge on any atom is 0.263 e. The number of aromatic nitrogens is 1. The molecule has 2 amide bonds. The third-order valence-corrected chi connectivity index (χ3v) is 6.17. The Morgan fingerprint density at radius 1 is 1.46 bits per heavy atom. The molecule has 1 aromatic rings. The Balaban J connectivity index is 1.67. The molecule has 2 heterocycles. The normalized spacial score (nSPS) is 31.1. The highest BCUT2D eigenvalue weighted by Crippen LogP contribution is 2.63. The first-order chi connectivity index (χ1) is 11.1. The van der Waals surface area contributed by atoms with Crippen molar-refractivity contribution in [2.75, 3.05) is 13.1 Å². The van der Waals surface area contributed by atoms with Gasteiger partial charge in [0.1, 0.15) is 10.3 Å². The third kappa shape index (κ3) is 2.60. The predicted octanol–water partition coefficient (Wildman–Crippen LogP) is 2.61. The summed E-state index contributed by atoms with van der Waals surface area (Å²) in [7, 11) is 0. The minimum atomic E-state index is -2.90. The van der Waals surface area contributed by atoms with E-state index in [1.807, 2.05) is 6.92 Å². The van der Waals surface area contributed by atoms with E-state index in [0.29, 0.717) is 23.5 Å². The fourth-order valence-electron chi connectivity index (χ4n) is 3.49. The predicted molar refractivity (Wildman–Crippen MR) is 86.2 cm³/mol. The number of hydrogen-bond acceptors (Lipinski definition) is 4. The lowest BCUT2D eigenvalue weighted by Crippen LogP contribution is -2.49. The molecule has 1 saturated heterocycles. The molecule has 1 N–H and O–H groups in total. The summed E-state index contributed by atoms with van der Waals surface area (Å²) in [5.74, 6) is -3.61. The molecule has 1 aliphatic carbocycles. The summed E-state index contributed by atoms with van der Waals surface area (Å²) in [5, 5.41) is 2.94. The van der Waals surface area contributed by atoms with Gasteiger partial charge in [0.2, 0.25) is 5.91 Å². The largest absolute Gasteiger partial charge is 0.344 e. The van der Waals surface area contributed by atoms with Crippen LogP contribution in [0.5, 0.6) is 0 Å².